The Kier molecular flexibility index (Phi) is 10.7. The van der Waals surface area contributed by atoms with E-state index in [2.05, 4.69) is 10.6 Å². The van der Waals surface area contributed by atoms with Crippen LogP contribution in [0.5, 0.6) is 0 Å². The van der Waals surface area contributed by atoms with E-state index in [9.17, 15) is 0 Å². The molecular formula is C8H22N4. The van der Waals surface area contributed by atoms with Gasteiger partial charge in [0.15, 0.2) is 0 Å². The van der Waals surface area contributed by atoms with Crippen molar-refractivity contribution in [2.75, 3.05) is 39.3 Å². The highest BCUT2D eigenvalue weighted by Crippen LogP contribution is 1.83. The Morgan fingerprint density at radius 3 is 1.42 bits per heavy atom. The van der Waals surface area contributed by atoms with Crippen molar-refractivity contribution in [2.45, 2.75) is 12.8 Å². The smallest absolute Gasteiger partial charge is 0.00745 e. The van der Waals surface area contributed by atoms with Gasteiger partial charge in [-0.15, -0.1) is 0 Å². The van der Waals surface area contributed by atoms with E-state index >= 15 is 0 Å². The number of nitrogens with one attached hydrogen (secondary N) is 2. The highest BCUT2D eigenvalue weighted by molar-refractivity contribution is 4.51. The Morgan fingerprint density at radius 2 is 1.08 bits per heavy atom. The average molecular weight is 174 g/mol. The number of unbranched alkanes of at least 4 members (excludes halogenated alkanes) is 1. The first-order chi connectivity index (χ1) is 5.91. The third-order valence-corrected chi connectivity index (χ3v) is 1.60. The summed E-state index contributed by atoms with van der Waals surface area (Å²) in [4.78, 5) is 0. The number of hydrogen-bond acceptors (Lipinski definition) is 4. The average Bonchev–Trinajstić information content (AvgIpc) is 2.10. The van der Waals surface area contributed by atoms with Crippen LogP contribution in [0, 0.1) is 0 Å². The summed E-state index contributed by atoms with van der Waals surface area (Å²) >= 11 is 0. The molecule has 0 aliphatic heterocycles. The molecular weight excluding hydrogens is 152 g/mol. The second-order valence-electron chi connectivity index (χ2n) is 2.78. The first-order valence-electron chi connectivity index (χ1n) is 4.73. The van der Waals surface area contributed by atoms with Gasteiger partial charge in [0, 0.05) is 26.2 Å². The highest BCUT2D eigenvalue weighted by atomic mass is 14.9. The Labute approximate surface area is 75.1 Å². The lowest BCUT2D eigenvalue weighted by Crippen LogP contribution is -2.26. The molecule has 0 saturated heterocycles. The second-order valence-corrected chi connectivity index (χ2v) is 2.78. The number of hydrogen-bond donors (Lipinski definition) is 4. The fourth-order valence-corrected chi connectivity index (χ4v) is 0.954. The van der Waals surface area contributed by atoms with E-state index in [-0.39, 0.29) is 0 Å². The largest absolute Gasteiger partial charge is 0.329 e. The van der Waals surface area contributed by atoms with Crippen LogP contribution in [-0.4, -0.2) is 39.3 Å². The van der Waals surface area contributed by atoms with Crippen LogP contribution >= 0.6 is 0 Å². The summed E-state index contributed by atoms with van der Waals surface area (Å²) in [6.07, 6.45) is 2.41. The van der Waals surface area contributed by atoms with Gasteiger partial charge < -0.3 is 22.1 Å². The molecule has 0 unspecified atom stereocenters. The zero-order valence-electron chi connectivity index (χ0n) is 7.81. The molecule has 0 aromatic rings. The van der Waals surface area contributed by atoms with Crippen molar-refractivity contribution in [3.8, 4) is 0 Å². The van der Waals surface area contributed by atoms with Crippen LogP contribution in [0.2, 0.25) is 0 Å². The maximum absolute atomic E-state index is 5.32. The molecule has 0 aromatic heterocycles. The van der Waals surface area contributed by atoms with Gasteiger partial charge in [0.05, 0.1) is 0 Å². The van der Waals surface area contributed by atoms with Gasteiger partial charge in [0.1, 0.15) is 0 Å². The van der Waals surface area contributed by atoms with E-state index in [4.69, 9.17) is 11.5 Å². The van der Waals surface area contributed by atoms with Gasteiger partial charge in [-0.2, -0.15) is 0 Å². The number of nitrogens with two attached hydrogens (primary N) is 2. The van der Waals surface area contributed by atoms with Crippen LogP contribution in [-0.2, 0) is 0 Å². The Bertz CT molecular complexity index is 67.5. The first-order valence-corrected chi connectivity index (χ1v) is 4.73. The van der Waals surface area contributed by atoms with Crippen molar-refractivity contribution in [1.82, 2.24) is 10.6 Å². The molecule has 0 aromatic carbocycles. The lowest BCUT2D eigenvalue weighted by Gasteiger charge is -2.03. The third kappa shape index (κ3) is 9.84. The maximum atomic E-state index is 5.32. The summed E-state index contributed by atoms with van der Waals surface area (Å²) in [5.41, 5.74) is 10.6. The van der Waals surface area contributed by atoms with E-state index < -0.39 is 0 Å². The van der Waals surface area contributed by atoms with Crippen molar-refractivity contribution in [1.29, 1.82) is 0 Å². The van der Waals surface area contributed by atoms with Crippen LogP contribution < -0.4 is 22.1 Å². The van der Waals surface area contributed by atoms with E-state index in [1.807, 2.05) is 0 Å². The molecule has 0 bridgehead atoms. The van der Waals surface area contributed by atoms with Gasteiger partial charge in [-0.25, -0.2) is 0 Å². The summed E-state index contributed by atoms with van der Waals surface area (Å²) in [6.45, 7) is 5.45. The fourth-order valence-electron chi connectivity index (χ4n) is 0.954. The van der Waals surface area contributed by atoms with E-state index in [1.54, 1.807) is 0 Å². The monoisotopic (exact) mass is 174 g/mol. The van der Waals surface area contributed by atoms with Gasteiger partial charge in [-0.1, -0.05) is 0 Å². The van der Waals surface area contributed by atoms with Crippen LogP contribution in [0.15, 0.2) is 0 Å². The minimum atomic E-state index is 0.728. The minimum absolute atomic E-state index is 0.728. The van der Waals surface area contributed by atoms with Crippen molar-refractivity contribution in [2.24, 2.45) is 11.5 Å². The maximum Gasteiger partial charge on any atom is 0.00745 e. The summed E-state index contributed by atoms with van der Waals surface area (Å²) in [6, 6.07) is 0. The van der Waals surface area contributed by atoms with E-state index in [1.165, 1.54) is 12.8 Å². The molecule has 0 amide bonds. The third-order valence-electron chi connectivity index (χ3n) is 1.60. The van der Waals surface area contributed by atoms with E-state index in [0.717, 1.165) is 39.3 Å². The predicted octanol–water partition coefficient (Wildman–Crippen LogP) is -1.14. The molecule has 12 heavy (non-hydrogen) atoms. The van der Waals surface area contributed by atoms with Crippen LogP contribution in [0.1, 0.15) is 12.8 Å². The molecule has 0 radical (unpaired) electrons. The molecule has 6 N–H and O–H groups in total. The number of rotatable bonds is 9. The summed E-state index contributed by atoms with van der Waals surface area (Å²) in [5.74, 6) is 0. The Morgan fingerprint density at radius 1 is 0.667 bits per heavy atom. The molecule has 4 nitrogen and oxygen atoms in total. The zero-order valence-corrected chi connectivity index (χ0v) is 7.81. The SMILES string of the molecule is NCCNCCCCNCCN. The molecule has 0 fully saturated rings. The van der Waals surface area contributed by atoms with Crippen LogP contribution in [0.4, 0.5) is 0 Å². The molecule has 0 heterocycles. The van der Waals surface area contributed by atoms with Crippen molar-refractivity contribution < 1.29 is 0 Å². The quantitative estimate of drug-likeness (QED) is 0.333. The predicted molar refractivity (Wildman–Crippen MR) is 53.1 cm³/mol. The molecule has 74 valence electrons. The van der Waals surface area contributed by atoms with Gasteiger partial charge in [0.25, 0.3) is 0 Å². The Hall–Kier alpha value is -0.160. The first kappa shape index (κ1) is 11.8. The van der Waals surface area contributed by atoms with Gasteiger partial charge >= 0.3 is 0 Å². The molecule has 0 aliphatic carbocycles. The second kappa shape index (κ2) is 10.8. The van der Waals surface area contributed by atoms with Gasteiger partial charge in [-0.05, 0) is 25.9 Å². The van der Waals surface area contributed by atoms with Crippen LogP contribution in [0.25, 0.3) is 0 Å². The Balaban J connectivity index is 2.73. The molecule has 0 atom stereocenters. The van der Waals surface area contributed by atoms with Crippen molar-refractivity contribution >= 4 is 0 Å². The normalized spacial score (nSPS) is 10.5. The van der Waals surface area contributed by atoms with Crippen LogP contribution in [0.3, 0.4) is 0 Å². The minimum Gasteiger partial charge on any atom is -0.329 e. The summed E-state index contributed by atoms with van der Waals surface area (Å²) in [7, 11) is 0. The zero-order chi connectivity index (χ0) is 9.07. The lowest BCUT2D eigenvalue weighted by atomic mass is 10.3. The molecule has 0 aliphatic rings. The lowest BCUT2D eigenvalue weighted by molar-refractivity contribution is 0.588. The van der Waals surface area contributed by atoms with Gasteiger partial charge in [-0.3, -0.25) is 0 Å². The fraction of sp³-hybridized carbons (Fsp3) is 1.00. The standard InChI is InChI=1S/C8H22N4/c9-3-7-11-5-1-2-6-12-8-4-10/h11-12H,1-10H2. The molecule has 4 heteroatoms. The van der Waals surface area contributed by atoms with E-state index in [0.29, 0.717) is 0 Å². The molecule has 0 spiro atoms. The highest BCUT2D eigenvalue weighted by Gasteiger charge is 1.87. The topological polar surface area (TPSA) is 76.1 Å². The molecule has 0 saturated carbocycles. The van der Waals surface area contributed by atoms with Crippen molar-refractivity contribution in [3.05, 3.63) is 0 Å². The summed E-state index contributed by atoms with van der Waals surface area (Å²) in [5, 5.41) is 6.50. The summed E-state index contributed by atoms with van der Waals surface area (Å²) < 4.78 is 0. The van der Waals surface area contributed by atoms with Crippen molar-refractivity contribution in [3.63, 3.8) is 0 Å². The van der Waals surface area contributed by atoms with Gasteiger partial charge in [0.2, 0.25) is 0 Å². The molecule has 0 rings (SSSR count).